The van der Waals surface area contributed by atoms with Gasteiger partial charge in [-0.2, -0.15) is 4.72 Å². The van der Waals surface area contributed by atoms with Crippen LogP contribution in [0.5, 0.6) is 11.5 Å². The zero-order valence-corrected chi connectivity index (χ0v) is 20.1. The Morgan fingerprint density at radius 1 is 0.971 bits per heavy atom. The summed E-state index contributed by atoms with van der Waals surface area (Å²) in [6.45, 7) is 3.48. The predicted molar refractivity (Wildman–Crippen MR) is 130 cm³/mol. The first-order valence-electron chi connectivity index (χ1n) is 11.1. The summed E-state index contributed by atoms with van der Waals surface area (Å²) >= 11 is 0. The summed E-state index contributed by atoms with van der Waals surface area (Å²) in [4.78, 5) is 25.1. The summed E-state index contributed by atoms with van der Waals surface area (Å²) < 4.78 is 44.3. The van der Waals surface area contributed by atoms with E-state index in [2.05, 4.69) is 10.0 Å². The third kappa shape index (κ3) is 5.72. The minimum Gasteiger partial charge on any atom is -0.486 e. The van der Waals surface area contributed by atoms with Crippen LogP contribution in [0.3, 0.4) is 0 Å². The van der Waals surface area contributed by atoms with Crippen LogP contribution in [-0.4, -0.2) is 46.2 Å². The van der Waals surface area contributed by atoms with E-state index in [9.17, 15) is 18.0 Å². The van der Waals surface area contributed by atoms with Crippen molar-refractivity contribution in [1.82, 2.24) is 4.72 Å². The van der Waals surface area contributed by atoms with Gasteiger partial charge in [-0.05, 0) is 29.5 Å². The summed E-state index contributed by atoms with van der Waals surface area (Å²) in [6, 6.07) is 16.1. The van der Waals surface area contributed by atoms with E-state index in [-0.39, 0.29) is 4.90 Å². The molecule has 3 aromatic rings. The lowest BCUT2D eigenvalue weighted by molar-refractivity contribution is -0.150. The number of hydrogen-bond acceptors (Lipinski definition) is 7. The van der Waals surface area contributed by atoms with Gasteiger partial charge in [-0.15, -0.1) is 0 Å². The molecule has 3 aromatic carbocycles. The Kier molecular flexibility index (Phi) is 7.23. The molecule has 0 spiro atoms. The molecule has 1 aliphatic heterocycles. The van der Waals surface area contributed by atoms with Crippen LogP contribution in [0, 0.1) is 5.92 Å². The third-order valence-electron chi connectivity index (χ3n) is 5.44. The maximum Gasteiger partial charge on any atom is 0.324 e. The van der Waals surface area contributed by atoms with Crippen molar-refractivity contribution in [3.8, 4) is 11.5 Å². The van der Waals surface area contributed by atoms with Crippen LogP contribution in [-0.2, 0) is 24.3 Å². The van der Waals surface area contributed by atoms with Gasteiger partial charge in [-0.3, -0.25) is 9.59 Å². The normalized spacial score (nSPS) is 13.9. The fourth-order valence-corrected chi connectivity index (χ4v) is 4.98. The molecule has 1 atom stereocenters. The van der Waals surface area contributed by atoms with Crippen LogP contribution in [0.25, 0.3) is 10.8 Å². The van der Waals surface area contributed by atoms with Crippen molar-refractivity contribution in [3.05, 3.63) is 60.7 Å². The highest BCUT2D eigenvalue weighted by Gasteiger charge is 2.31. The molecule has 1 aliphatic rings. The number of benzene rings is 3. The van der Waals surface area contributed by atoms with Gasteiger partial charge in [0, 0.05) is 17.1 Å². The third-order valence-corrected chi connectivity index (χ3v) is 6.87. The molecular weight excluding hydrogens is 472 g/mol. The second-order valence-corrected chi connectivity index (χ2v) is 10.0. The summed E-state index contributed by atoms with van der Waals surface area (Å²) in [7, 11) is -4.08. The first-order valence-corrected chi connectivity index (χ1v) is 12.6. The number of ether oxygens (including phenoxy) is 3. The molecule has 0 bridgehead atoms. The molecule has 35 heavy (non-hydrogen) atoms. The number of carbonyl (C=O) groups is 2. The summed E-state index contributed by atoms with van der Waals surface area (Å²) in [6.07, 6.45) is 0. The van der Waals surface area contributed by atoms with Gasteiger partial charge in [0.05, 0.1) is 4.90 Å². The van der Waals surface area contributed by atoms with E-state index in [1.807, 2.05) is 36.4 Å². The molecule has 0 saturated carbocycles. The van der Waals surface area contributed by atoms with Crippen molar-refractivity contribution in [2.24, 2.45) is 5.92 Å². The number of nitrogens with one attached hydrogen (secondary N) is 2. The molecule has 1 unspecified atom stereocenters. The molecule has 1 heterocycles. The van der Waals surface area contributed by atoms with E-state index in [0.717, 1.165) is 10.8 Å². The smallest absolute Gasteiger partial charge is 0.324 e. The number of esters is 1. The molecule has 1 amide bonds. The van der Waals surface area contributed by atoms with Crippen molar-refractivity contribution in [2.45, 2.75) is 24.8 Å². The first kappa shape index (κ1) is 24.5. The van der Waals surface area contributed by atoms with Gasteiger partial charge in [-0.1, -0.05) is 50.2 Å². The van der Waals surface area contributed by atoms with Gasteiger partial charge in [0.15, 0.2) is 18.1 Å². The molecule has 9 nitrogen and oxygen atoms in total. The Labute approximate surface area is 203 Å². The maximum atomic E-state index is 12.9. The number of anilines is 1. The molecule has 2 N–H and O–H groups in total. The summed E-state index contributed by atoms with van der Waals surface area (Å²) in [5.74, 6) is -1.06. The Hall–Kier alpha value is -3.63. The number of amides is 1. The molecular formula is C25H26N2O7S. The van der Waals surface area contributed by atoms with E-state index in [1.165, 1.54) is 18.2 Å². The van der Waals surface area contributed by atoms with Gasteiger partial charge in [0.25, 0.3) is 5.91 Å². The fourth-order valence-electron chi connectivity index (χ4n) is 3.63. The van der Waals surface area contributed by atoms with E-state index in [4.69, 9.17) is 14.2 Å². The van der Waals surface area contributed by atoms with Crippen molar-refractivity contribution in [3.63, 3.8) is 0 Å². The van der Waals surface area contributed by atoms with Crippen LogP contribution < -0.4 is 19.5 Å². The predicted octanol–water partition coefficient (Wildman–Crippen LogP) is 3.10. The highest BCUT2D eigenvalue weighted by Crippen LogP contribution is 2.32. The second-order valence-electron chi connectivity index (χ2n) is 8.33. The Balaban J connectivity index is 1.40. The Morgan fingerprint density at radius 3 is 2.46 bits per heavy atom. The molecule has 0 radical (unpaired) electrons. The van der Waals surface area contributed by atoms with E-state index in [1.54, 1.807) is 19.9 Å². The first-order chi connectivity index (χ1) is 16.7. The quantitative estimate of drug-likeness (QED) is 0.458. The van der Waals surface area contributed by atoms with E-state index >= 15 is 0 Å². The van der Waals surface area contributed by atoms with Gasteiger partial charge >= 0.3 is 5.97 Å². The van der Waals surface area contributed by atoms with Gasteiger partial charge in [-0.25, -0.2) is 8.42 Å². The number of sulfonamides is 1. The SMILES string of the molecule is CC(C)C(NS(=O)(=O)c1ccc2c(c1)OCCO2)C(=O)OCC(=O)Nc1cccc2ccccc12. The van der Waals surface area contributed by atoms with Crippen molar-refractivity contribution >= 4 is 38.4 Å². The summed E-state index contributed by atoms with van der Waals surface area (Å²) in [5.41, 5.74) is 0.587. The topological polar surface area (TPSA) is 120 Å². The standard InChI is InChI=1S/C25H26N2O7S/c1-16(2)24(27-35(30,31)18-10-11-21-22(14-18)33-13-12-32-21)25(29)34-15-23(28)26-20-9-5-7-17-6-3-4-8-19(17)20/h3-11,14,16,24,27H,12-13,15H2,1-2H3,(H,26,28). The highest BCUT2D eigenvalue weighted by molar-refractivity contribution is 7.89. The van der Waals surface area contributed by atoms with Gasteiger partial charge in [0.2, 0.25) is 10.0 Å². The molecule has 0 aliphatic carbocycles. The number of fused-ring (bicyclic) bond motifs is 2. The van der Waals surface area contributed by atoms with Crippen LogP contribution in [0.1, 0.15) is 13.8 Å². The lowest BCUT2D eigenvalue weighted by Crippen LogP contribution is -2.45. The van der Waals surface area contributed by atoms with Crippen LogP contribution in [0.4, 0.5) is 5.69 Å². The molecule has 0 aromatic heterocycles. The van der Waals surface area contributed by atoms with Gasteiger partial charge < -0.3 is 19.5 Å². The average molecular weight is 499 g/mol. The maximum absolute atomic E-state index is 12.9. The van der Waals surface area contributed by atoms with Crippen molar-refractivity contribution in [1.29, 1.82) is 0 Å². The minimum atomic E-state index is -4.08. The zero-order valence-electron chi connectivity index (χ0n) is 19.3. The number of hydrogen-bond donors (Lipinski definition) is 2. The molecule has 10 heteroatoms. The average Bonchev–Trinajstić information content (AvgIpc) is 2.85. The summed E-state index contributed by atoms with van der Waals surface area (Å²) in [5, 5.41) is 4.53. The molecule has 0 fully saturated rings. The fraction of sp³-hybridized carbons (Fsp3) is 0.280. The van der Waals surface area contributed by atoms with Crippen LogP contribution in [0.15, 0.2) is 65.6 Å². The van der Waals surface area contributed by atoms with Crippen molar-refractivity contribution in [2.75, 3.05) is 25.1 Å². The minimum absolute atomic E-state index is 0.0751. The molecule has 4 rings (SSSR count). The van der Waals surface area contributed by atoms with Crippen molar-refractivity contribution < 1.29 is 32.2 Å². The monoisotopic (exact) mass is 498 g/mol. The second kappa shape index (κ2) is 10.3. The Bertz CT molecular complexity index is 1350. The molecule has 184 valence electrons. The lowest BCUT2D eigenvalue weighted by Gasteiger charge is -2.22. The lowest BCUT2D eigenvalue weighted by atomic mass is 10.1. The van der Waals surface area contributed by atoms with E-state index < -0.39 is 40.5 Å². The zero-order chi connectivity index (χ0) is 25.0. The number of rotatable bonds is 8. The van der Waals surface area contributed by atoms with E-state index in [0.29, 0.717) is 30.4 Å². The van der Waals surface area contributed by atoms with Crippen LogP contribution in [0.2, 0.25) is 0 Å². The largest absolute Gasteiger partial charge is 0.486 e. The Morgan fingerprint density at radius 2 is 1.69 bits per heavy atom. The number of carbonyl (C=O) groups excluding carboxylic acids is 2. The van der Waals surface area contributed by atoms with Crippen LogP contribution >= 0.6 is 0 Å². The molecule has 0 saturated heterocycles. The van der Waals surface area contributed by atoms with Gasteiger partial charge in [0.1, 0.15) is 19.3 Å². The highest BCUT2D eigenvalue weighted by atomic mass is 32.2.